The Morgan fingerprint density at radius 2 is 0.500 bits per heavy atom. The summed E-state index contributed by atoms with van der Waals surface area (Å²) in [5.41, 5.74) is 16.4. The van der Waals surface area contributed by atoms with Crippen molar-refractivity contribution in [1.29, 1.82) is 0 Å². The molecule has 0 aliphatic carbocycles. The molecule has 16 rings (SSSR count). The molecular formula is C84H66N10. The fraction of sp³-hybridized carbons (Fsp3) is 0.0952. The van der Waals surface area contributed by atoms with Crippen molar-refractivity contribution in [2.24, 2.45) is 0 Å². The summed E-state index contributed by atoms with van der Waals surface area (Å²) in [6.45, 7) is 13.6. The van der Waals surface area contributed by atoms with Crippen LogP contribution in [-0.4, -0.2) is 49.0 Å². The average molecular weight is 1220 g/mol. The van der Waals surface area contributed by atoms with E-state index in [0.717, 1.165) is 89.3 Å². The number of pyridine rings is 2. The Morgan fingerprint density at radius 1 is 0.234 bits per heavy atom. The standard InChI is InChI=1S/C46H41N5.C38H25N5/c1-45(2,3)34-22-24-39-36(27-34)37-28-35(46(4,5)6)23-25-40(37)51(39)44-38(26-33(29-47-44)30-16-10-7-11-17-30)43-49-41(31-18-12-8-13-19-31)48-42(50-43)32-20-14-9-15-21-32;1-4-14-26(15-5-1)29-24-32(38(39-25-29)43-33-22-12-10-20-30(33)31-21-11-13-23-34(31)43)37-41-35(27-16-6-2-7-17-27)40-36(42-37)28-18-8-3-9-19-28/h7-29H,1-6H3;1-25H. The van der Waals surface area contributed by atoms with Crippen LogP contribution in [0.4, 0.5) is 0 Å². The van der Waals surface area contributed by atoms with Crippen LogP contribution in [0.5, 0.6) is 0 Å². The number of hydrogen-bond donors (Lipinski definition) is 0. The third kappa shape index (κ3) is 11.4. The number of benzene rings is 10. The lowest BCUT2D eigenvalue weighted by atomic mass is 9.85. The number of fused-ring (bicyclic) bond motifs is 6. The number of para-hydroxylation sites is 2. The largest absolute Gasteiger partial charge is 0.293 e. The second-order valence-corrected chi connectivity index (χ2v) is 25.7. The highest BCUT2D eigenvalue weighted by molar-refractivity contribution is 6.11. The Balaban J connectivity index is 0.000000157. The van der Waals surface area contributed by atoms with Gasteiger partial charge in [-0.2, -0.15) is 0 Å². The van der Waals surface area contributed by atoms with Gasteiger partial charge in [0.2, 0.25) is 0 Å². The van der Waals surface area contributed by atoms with Crippen molar-refractivity contribution in [3.05, 3.63) is 303 Å². The van der Waals surface area contributed by atoms with Crippen LogP contribution in [0, 0.1) is 0 Å². The number of hydrogen-bond acceptors (Lipinski definition) is 8. The van der Waals surface area contributed by atoms with E-state index >= 15 is 0 Å². The summed E-state index contributed by atoms with van der Waals surface area (Å²) in [4.78, 5) is 40.9. The van der Waals surface area contributed by atoms with Crippen molar-refractivity contribution in [2.45, 2.75) is 52.4 Å². The van der Waals surface area contributed by atoms with Gasteiger partial charge in [0.05, 0.1) is 33.2 Å². The SMILES string of the molecule is CC(C)(C)c1ccc2c(c1)c1cc(C(C)(C)C)ccc1n2-c1ncc(-c2ccccc2)cc1-c1nc(-c2ccccc2)nc(-c2ccccc2)n1.c1ccc(-c2cnc(-n3c4ccccc4c4ccccc43)c(-c3nc(-c4ccccc4)nc(-c4ccccc4)n3)c2)cc1. The molecule has 10 nitrogen and oxygen atoms in total. The maximum absolute atomic E-state index is 5.28. The molecule has 452 valence electrons. The zero-order valence-electron chi connectivity index (χ0n) is 53.2. The number of rotatable bonds is 10. The summed E-state index contributed by atoms with van der Waals surface area (Å²) < 4.78 is 4.52. The highest BCUT2D eigenvalue weighted by atomic mass is 15.1. The molecule has 0 fully saturated rings. The molecule has 10 aromatic carbocycles. The molecule has 10 heteroatoms. The fourth-order valence-corrected chi connectivity index (χ4v) is 12.4. The Hall–Kier alpha value is -11.9. The second kappa shape index (κ2) is 24.4. The maximum Gasteiger partial charge on any atom is 0.167 e. The van der Waals surface area contributed by atoms with Gasteiger partial charge in [0.15, 0.2) is 34.9 Å². The molecule has 6 aromatic heterocycles. The molecule has 16 aromatic rings. The van der Waals surface area contributed by atoms with E-state index in [-0.39, 0.29) is 10.8 Å². The van der Waals surface area contributed by atoms with Gasteiger partial charge in [-0.15, -0.1) is 0 Å². The zero-order valence-corrected chi connectivity index (χ0v) is 53.2. The first-order valence-electron chi connectivity index (χ1n) is 31.8. The summed E-state index contributed by atoms with van der Waals surface area (Å²) in [6, 6.07) is 96.0. The summed E-state index contributed by atoms with van der Waals surface area (Å²) >= 11 is 0. The summed E-state index contributed by atoms with van der Waals surface area (Å²) in [7, 11) is 0. The Morgan fingerprint density at radius 3 is 0.809 bits per heavy atom. The molecule has 0 radical (unpaired) electrons. The van der Waals surface area contributed by atoms with Gasteiger partial charge in [0, 0.05) is 67.3 Å². The van der Waals surface area contributed by atoms with E-state index in [1.807, 2.05) is 158 Å². The van der Waals surface area contributed by atoms with E-state index in [1.165, 1.54) is 32.7 Å². The van der Waals surface area contributed by atoms with Crippen molar-refractivity contribution < 1.29 is 0 Å². The van der Waals surface area contributed by atoms with Gasteiger partial charge >= 0.3 is 0 Å². The smallest absolute Gasteiger partial charge is 0.167 e. The van der Waals surface area contributed by atoms with Crippen LogP contribution in [0.15, 0.2) is 291 Å². The van der Waals surface area contributed by atoms with Crippen molar-refractivity contribution in [3.8, 4) is 102 Å². The molecule has 94 heavy (non-hydrogen) atoms. The summed E-state index contributed by atoms with van der Waals surface area (Å²) in [6.07, 6.45) is 3.91. The van der Waals surface area contributed by atoms with Crippen molar-refractivity contribution in [3.63, 3.8) is 0 Å². The van der Waals surface area contributed by atoms with E-state index in [0.29, 0.717) is 34.9 Å². The van der Waals surface area contributed by atoms with Crippen LogP contribution in [0.3, 0.4) is 0 Å². The molecule has 6 heterocycles. The van der Waals surface area contributed by atoms with Gasteiger partial charge in [-0.05, 0) is 81.6 Å². The van der Waals surface area contributed by atoms with Crippen molar-refractivity contribution in [1.82, 2.24) is 49.0 Å². The first kappa shape index (κ1) is 58.5. The minimum Gasteiger partial charge on any atom is -0.293 e. The first-order chi connectivity index (χ1) is 45.9. The zero-order chi connectivity index (χ0) is 63.9. The minimum absolute atomic E-state index is 0.00243. The second-order valence-electron chi connectivity index (χ2n) is 25.7. The van der Waals surface area contributed by atoms with Crippen LogP contribution in [0.2, 0.25) is 0 Å². The summed E-state index contributed by atoms with van der Waals surface area (Å²) in [5, 5.41) is 4.75. The Kier molecular flexibility index (Phi) is 15.2. The molecule has 0 amide bonds. The third-order valence-corrected chi connectivity index (χ3v) is 17.3. The Bertz CT molecular complexity index is 5190. The summed E-state index contributed by atoms with van der Waals surface area (Å²) in [5.74, 6) is 5.12. The van der Waals surface area contributed by atoms with Gasteiger partial charge in [-0.25, -0.2) is 39.9 Å². The van der Waals surface area contributed by atoms with Gasteiger partial charge in [0.1, 0.15) is 11.6 Å². The highest BCUT2D eigenvalue weighted by Crippen LogP contribution is 2.42. The molecule has 0 unspecified atom stereocenters. The van der Waals surface area contributed by atoms with Crippen LogP contribution < -0.4 is 0 Å². The van der Waals surface area contributed by atoms with E-state index < -0.39 is 0 Å². The highest BCUT2D eigenvalue weighted by Gasteiger charge is 2.26. The van der Waals surface area contributed by atoms with Crippen molar-refractivity contribution in [2.75, 3.05) is 0 Å². The lowest BCUT2D eigenvalue weighted by molar-refractivity contribution is 0.590. The van der Waals surface area contributed by atoms with Crippen LogP contribution in [0.25, 0.3) is 146 Å². The Labute approximate surface area is 546 Å². The molecular weight excluding hydrogens is 1150 g/mol. The maximum atomic E-state index is 5.28. The van der Waals surface area contributed by atoms with E-state index in [1.54, 1.807) is 0 Å². The topological polar surface area (TPSA) is 113 Å². The van der Waals surface area contributed by atoms with Gasteiger partial charge in [-0.3, -0.25) is 9.13 Å². The number of aromatic nitrogens is 10. The van der Waals surface area contributed by atoms with E-state index in [9.17, 15) is 0 Å². The third-order valence-electron chi connectivity index (χ3n) is 17.3. The fourth-order valence-electron chi connectivity index (χ4n) is 12.4. The normalized spacial score (nSPS) is 11.7. The lowest BCUT2D eigenvalue weighted by Crippen LogP contribution is -2.10. The molecule has 0 aliphatic rings. The van der Waals surface area contributed by atoms with E-state index in [2.05, 4.69) is 184 Å². The molecule has 0 bridgehead atoms. The quantitative estimate of drug-likeness (QED) is 0.133. The van der Waals surface area contributed by atoms with Crippen LogP contribution in [0.1, 0.15) is 52.7 Å². The molecule has 0 aliphatic heterocycles. The molecule has 0 saturated heterocycles. The molecule has 0 atom stereocenters. The van der Waals surface area contributed by atoms with Crippen LogP contribution >= 0.6 is 0 Å². The van der Waals surface area contributed by atoms with E-state index in [4.69, 9.17) is 39.9 Å². The average Bonchev–Trinajstić information content (AvgIpc) is 1.57. The minimum atomic E-state index is -0.00243. The molecule has 0 spiro atoms. The van der Waals surface area contributed by atoms with Crippen molar-refractivity contribution >= 4 is 43.6 Å². The van der Waals surface area contributed by atoms with Gasteiger partial charge in [-0.1, -0.05) is 272 Å². The molecule has 0 N–H and O–H groups in total. The van der Waals surface area contributed by atoms with Crippen LogP contribution in [-0.2, 0) is 10.8 Å². The monoisotopic (exact) mass is 1210 g/mol. The van der Waals surface area contributed by atoms with Gasteiger partial charge in [0.25, 0.3) is 0 Å². The molecule has 0 saturated carbocycles. The van der Waals surface area contributed by atoms with Gasteiger partial charge < -0.3 is 0 Å². The lowest BCUT2D eigenvalue weighted by Gasteiger charge is -2.19. The predicted molar refractivity (Wildman–Crippen MR) is 385 cm³/mol. The number of nitrogens with zero attached hydrogens (tertiary/aromatic N) is 10. The first-order valence-corrected chi connectivity index (χ1v) is 31.8. The predicted octanol–water partition coefficient (Wildman–Crippen LogP) is 20.7.